The van der Waals surface area contributed by atoms with Crippen LogP contribution in [-0.2, 0) is 0 Å². The molecule has 0 aromatic heterocycles. The molecular formula is C14H8ClN3O5. The third-order valence-electron chi connectivity index (χ3n) is 2.91. The molecule has 0 atom stereocenters. The minimum atomic E-state index is -1.44. The van der Waals surface area contributed by atoms with Crippen molar-refractivity contribution >= 4 is 23.1 Å². The van der Waals surface area contributed by atoms with Gasteiger partial charge >= 0.3 is 11.7 Å². The number of carbonyl (C=O) groups excluding carboxylic acids is 1. The Morgan fingerprint density at radius 3 is 2.22 bits per heavy atom. The van der Waals surface area contributed by atoms with Gasteiger partial charge in [0.2, 0.25) is 11.2 Å². The van der Waals surface area contributed by atoms with E-state index in [9.17, 15) is 19.7 Å². The highest BCUT2D eigenvalue weighted by Gasteiger charge is 2.34. The highest BCUT2D eigenvalue weighted by Crippen LogP contribution is 2.33. The Hall–Kier alpha value is -3.31. The summed E-state index contributed by atoms with van der Waals surface area (Å²) in [6.07, 6.45) is 0. The quantitative estimate of drug-likeness (QED) is 0.363. The van der Waals surface area contributed by atoms with Gasteiger partial charge in [-0.15, -0.1) is 0 Å². The van der Waals surface area contributed by atoms with Gasteiger partial charge < -0.3 is 17.5 Å². The molecule has 23 heavy (non-hydrogen) atoms. The lowest BCUT2D eigenvalue weighted by Gasteiger charge is -2.02. The number of diazo groups is 1. The Morgan fingerprint density at radius 1 is 1.13 bits per heavy atom. The predicted molar refractivity (Wildman–Crippen MR) is 74.7 cm³/mol. The summed E-state index contributed by atoms with van der Waals surface area (Å²) in [7, 11) is 0. The van der Waals surface area contributed by atoms with Crippen molar-refractivity contribution in [2.24, 2.45) is 0 Å². The number of ketones is 1. The SMILES string of the molecule is N#[N+]c1cc(C(=O)O)cc([N+](=O)[O-])c1C(=O)c1ccccc1.[Cl-]. The van der Waals surface area contributed by atoms with Crippen molar-refractivity contribution < 1.29 is 32.0 Å². The van der Waals surface area contributed by atoms with Gasteiger partial charge in [0.15, 0.2) is 10.5 Å². The number of benzene rings is 2. The molecule has 9 heteroatoms. The standard InChI is InChI=1S/C14H7N3O5.ClH/c15-16-10-6-9(14(19)20)7-11(17(21)22)12(10)13(18)8-4-2-1-3-5-8;/h1-7H;1H. The molecule has 0 fully saturated rings. The van der Waals surface area contributed by atoms with E-state index in [1.807, 2.05) is 0 Å². The molecule has 0 aliphatic carbocycles. The Balaban J connectivity index is 0.00000264. The molecular weight excluding hydrogens is 326 g/mol. The average Bonchev–Trinajstić information content (AvgIpc) is 2.53. The van der Waals surface area contributed by atoms with Crippen LogP contribution in [0.15, 0.2) is 42.5 Å². The number of carbonyl (C=O) groups is 2. The smallest absolute Gasteiger partial charge is 0.404 e. The summed E-state index contributed by atoms with van der Waals surface area (Å²) in [6, 6.07) is 9.34. The number of hydrogen-bond acceptors (Lipinski definition) is 5. The van der Waals surface area contributed by atoms with E-state index in [0.29, 0.717) is 0 Å². The monoisotopic (exact) mass is 333 g/mol. The molecule has 2 rings (SSSR count). The van der Waals surface area contributed by atoms with Crippen LogP contribution >= 0.6 is 0 Å². The molecule has 0 unspecified atom stereocenters. The highest BCUT2D eigenvalue weighted by molar-refractivity contribution is 6.15. The number of carboxylic acid groups (broad SMARTS) is 1. The molecule has 0 aliphatic rings. The molecule has 2 aromatic rings. The fourth-order valence-corrected chi connectivity index (χ4v) is 1.92. The van der Waals surface area contributed by atoms with Crippen molar-refractivity contribution in [1.29, 1.82) is 5.39 Å². The first-order valence-electron chi connectivity index (χ1n) is 5.96. The zero-order valence-electron chi connectivity index (χ0n) is 11.3. The predicted octanol–water partition coefficient (Wildman–Crippen LogP) is 0.0126. The van der Waals surface area contributed by atoms with Crippen LogP contribution in [0.5, 0.6) is 0 Å². The maximum absolute atomic E-state index is 12.4. The minimum absolute atomic E-state index is 0. The van der Waals surface area contributed by atoms with Gasteiger partial charge in [-0.05, 0) is 0 Å². The molecule has 0 saturated heterocycles. The molecule has 0 spiro atoms. The normalized spacial score (nSPS) is 9.35. The third-order valence-corrected chi connectivity index (χ3v) is 2.91. The molecule has 8 nitrogen and oxygen atoms in total. The minimum Gasteiger partial charge on any atom is -1.00 e. The van der Waals surface area contributed by atoms with Crippen molar-refractivity contribution in [2.75, 3.05) is 0 Å². The first-order valence-corrected chi connectivity index (χ1v) is 5.96. The fraction of sp³-hybridized carbons (Fsp3) is 0. The largest absolute Gasteiger partial charge is 1.00 e. The van der Waals surface area contributed by atoms with Gasteiger partial charge in [-0.2, -0.15) is 0 Å². The topological polar surface area (TPSA) is 126 Å². The molecule has 0 heterocycles. The number of carboxylic acids is 1. The fourth-order valence-electron chi connectivity index (χ4n) is 1.92. The first-order chi connectivity index (χ1) is 10.5. The van der Waals surface area contributed by atoms with Crippen molar-refractivity contribution in [1.82, 2.24) is 0 Å². The van der Waals surface area contributed by atoms with Gasteiger partial charge in [-0.1, -0.05) is 30.3 Å². The summed E-state index contributed by atoms with van der Waals surface area (Å²) in [5, 5.41) is 29.0. The van der Waals surface area contributed by atoms with Gasteiger partial charge in [0.05, 0.1) is 10.5 Å². The van der Waals surface area contributed by atoms with E-state index >= 15 is 0 Å². The number of rotatable bonds is 4. The molecule has 0 radical (unpaired) electrons. The number of aromatic carboxylic acids is 1. The van der Waals surface area contributed by atoms with E-state index in [0.717, 1.165) is 12.1 Å². The van der Waals surface area contributed by atoms with Gasteiger partial charge in [0, 0.05) is 17.7 Å². The zero-order chi connectivity index (χ0) is 16.3. The molecule has 0 saturated carbocycles. The van der Waals surface area contributed by atoms with E-state index in [4.69, 9.17) is 10.5 Å². The van der Waals surface area contributed by atoms with Gasteiger partial charge in [-0.3, -0.25) is 14.9 Å². The Kier molecular flexibility index (Phi) is 5.48. The van der Waals surface area contributed by atoms with Crippen molar-refractivity contribution in [2.45, 2.75) is 0 Å². The van der Waals surface area contributed by atoms with Gasteiger partial charge in [-0.25, -0.2) is 4.79 Å². The Bertz CT molecular complexity index is 830. The Morgan fingerprint density at radius 2 is 1.74 bits per heavy atom. The maximum atomic E-state index is 12.4. The summed E-state index contributed by atoms with van der Waals surface area (Å²) < 4.78 is 0. The number of halogens is 1. The summed E-state index contributed by atoms with van der Waals surface area (Å²) >= 11 is 0. The highest BCUT2D eigenvalue weighted by atomic mass is 35.5. The van der Waals surface area contributed by atoms with Crippen LogP contribution in [0.4, 0.5) is 11.4 Å². The molecule has 0 aliphatic heterocycles. The maximum Gasteiger partial charge on any atom is 0.404 e. The lowest BCUT2D eigenvalue weighted by Crippen LogP contribution is -3.00. The second-order valence-electron chi connectivity index (χ2n) is 4.25. The molecule has 0 amide bonds. The van der Waals surface area contributed by atoms with Gasteiger partial charge in [0.25, 0.3) is 5.69 Å². The van der Waals surface area contributed by atoms with Crippen LogP contribution in [0.1, 0.15) is 26.3 Å². The van der Waals surface area contributed by atoms with E-state index in [2.05, 4.69) is 4.98 Å². The molecule has 1 N–H and O–H groups in total. The van der Waals surface area contributed by atoms with Crippen molar-refractivity contribution in [3.05, 3.63) is 74.2 Å². The summed E-state index contributed by atoms with van der Waals surface area (Å²) in [5.74, 6) is -2.18. The third kappa shape index (κ3) is 3.48. The summed E-state index contributed by atoms with van der Waals surface area (Å²) in [5.41, 5.74) is -1.98. The van der Waals surface area contributed by atoms with Gasteiger partial charge in [0.1, 0.15) is 0 Å². The number of nitro benzene ring substituents is 1. The van der Waals surface area contributed by atoms with Crippen molar-refractivity contribution in [3.8, 4) is 0 Å². The van der Waals surface area contributed by atoms with Crippen LogP contribution in [0.3, 0.4) is 0 Å². The van der Waals surface area contributed by atoms with Crippen LogP contribution in [0.2, 0.25) is 0 Å². The summed E-state index contributed by atoms with van der Waals surface area (Å²) in [6.45, 7) is 0. The van der Waals surface area contributed by atoms with Crippen LogP contribution in [-0.4, -0.2) is 21.8 Å². The molecule has 0 bridgehead atoms. The Labute approximate surface area is 135 Å². The van der Waals surface area contributed by atoms with Crippen LogP contribution in [0, 0.1) is 15.5 Å². The lowest BCUT2D eigenvalue weighted by molar-refractivity contribution is -0.385. The average molecular weight is 334 g/mol. The number of nitro groups is 1. The van der Waals surface area contributed by atoms with Crippen LogP contribution < -0.4 is 12.4 Å². The number of hydrogen-bond donors (Lipinski definition) is 1. The second-order valence-corrected chi connectivity index (χ2v) is 4.25. The zero-order valence-corrected chi connectivity index (χ0v) is 12.1. The van der Waals surface area contributed by atoms with E-state index in [1.54, 1.807) is 18.2 Å². The summed E-state index contributed by atoms with van der Waals surface area (Å²) in [4.78, 5) is 36.4. The lowest BCUT2D eigenvalue weighted by atomic mass is 9.98. The van der Waals surface area contributed by atoms with Crippen LogP contribution in [0.25, 0.3) is 4.98 Å². The van der Waals surface area contributed by atoms with E-state index in [1.165, 1.54) is 12.1 Å². The number of nitrogens with zero attached hydrogens (tertiary/aromatic N) is 3. The molecule has 116 valence electrons. The van der Waals surface area contributed by atoms with Crippen molar-refractivity contribution in [3.63, 3.8) is 0 Å². The second kappa shape index (κ2) is 7.11. The molecule has 2 aromatic carbocycles. The van der Waals surface area contributed by atoms with E-state index in [-0.39, 0.29) is 18.0 Å². The van der Waals surface area contributed by atoms with E-state index < -0.39 is 39.2 Å². The first kappa shape index (κ1) is 17.7.